The fraction of sp³-hybridized carbons (Fsp3) is 0.250. The van der Waals surface area contributed by atoms with Crippen LogP contribution in [-0.4, -0.2) is 44.2 Å². The summed E-state index contributed by atoms with van der Waals surface area (Å²) in [6, 6.07) is 6.68. The predicted molar refractivity (Wildman–Crippen MR) is 107 cm³/mol. The molecule has 0 aliphatic carbocycles. The van der Waals surface area contributed by atoms with Crippen molar-refractivity contribution in [3.8, 4) is 0 Å². The van der Waals surface area contributed by atoms with Crippen molar-refractivity contribution in [3.05, 3.63) is 64.9 Å². The number of hydrogen-bond donors (Lipinski definition) is 1. The van der Waals surface area contributed by atoms with E-state index in [2.05, 4.69) is 32.6 Å². The zero-order valence-corrected chi connectivity index (χ0v) is 16.4. The minimum atomic E-state index is -0.926. The summed E-state index contributed by atoms with van der Waals surface area (Å²) < 4.78 is 27.6. The molecule has 4 rings (SSSR count). The number of carbonyl (C=O) groups is 1. The van der Waals surface area contributed by atoms with Crippen molar-refractivity contribution in [3.63, 3.8) is 0 Å². The average Bonchev–Trinajstić information content (AvgIpc) is 3.15. The quantitative estimate of drug-likeness (QED) is 0.710. The second-order valence-electron chi connectivity index (χ2n) is 6.99. The number of pyridine rings is 1. The lowest BCUT2D eigenvalue weighted by Crippen LogP contribution is -2.31. The molecule has 0 atom stereocenters. The minimum absolute atomic E-state index is 0.202. The van der Waals surface area contributed by atoms with Gasteiger partial charge < -0.3 is 10.2 Å². The number of nitrogens with zero attached hydrogens (tertiary/aromatic N) is 6. The molecule has 154 valence electrons. The second kappa shape index (κ2) is 7.97. The first-order chi connectivity index (χ1) is 14.4. The molecule has 3 aromatic rings. The molecule has 1 aliphatic heterocycles. The van der Waals surface area contributed by atoms with E-state index in [1.807, 2.05) is 11.0 Å². The molecule has 0 unspecified atom stereocenters. The van der Waals surface area contributed by atoms with E-state index < -0.39 is 23.1 Å². The monoisotopic (exact) mass is 411 g/mol. The number of aryl methyl sites for hydroxylation is 1. The van der Waals surface area contributed by atoms with Crippen LogP contribution in [0.2, 0.25) is 0 Å². The summed E-state index contributed by atoms with van der Waals surface area (Å²) in [5.41, 5.74) is 2.55. The number of benzene rings is 1. The number of aromatic nitrogens is 5. The molecule has 0 saturated carbocycles. The number of hydrogen-bond acceptors (Lipinski definition) is 6. The summed E-state index contributed by atoms with van der Waals surface area (Å²) >= 11 is 0. The van der Waals surface area contributed by atoms with Crippen molar-refractivity contribution < 1.29 is 13.6 Å². The van der Waals surface area contributed by atoms with Gasteiger partial charge in [-0.25, -0.2) is 13.8 Å². The Hall–Kier alpha value is -3.69. The molecule has 0 saturated heterocycles. The highest BCUT2D eigenvalue weighted by Gasteiger charge is 2.22. The van der Waals surface area contributed by atoms with E-state index in [1.165, 1.54) is 16.4 Å². The first-order valence-corrected chi connectivity index (χ1v) is 9.31. The van der Waals surface area contributed by atoms with Gasteiger partial charge in [0.15, 0.2) is 0 Å². The van der Waals surface area contributed by atoms with Crippen molar-refractivity contribution >= 4 is 23.2 Å². The summed E-state index contributed by atoms with van der Waals surface area (Å²) in [5, 5.41) is 14.6. The highest BCUT2D eigenvalue weighted by Crippen LogP contribution is 2.28. The molecule has 30 heavy (non-hydrogen) atoms. The fourth-order valence-corrected chi connectivity index (χ4v) is 3.31. The molecule has 0 radical (unpaired) electrons. The van der Waals surface area contributed by atoms with Gasteiger partial charge in [0.2, 0.25) is 0 Å². The van der Waals surface area contributed by atoms with Gasteiger partial charge in [0, 0.05) is 19.3 Å². The Kier molecular flexibility index (Phi) is 5.21. The number of amides is 1. The van der Waals surface area contributed by atoms with E-state index in [-0.39, 0.29) is 5.82 Å². The number of anilines is 2. The van der Waals surface area contributed by atoms with Crippen LogP contribution in [-0.2, 0) is 7.05 Å². The molecule has 2 aromatic heterocycles. The molecule has 8 nitrogen and oxygen atoms in total. The summed E-state index contributed by atoms with van der Waals surface area (Å²) in [6.45, 7) is 3.45. The fourth-order valence-electron chi connectivity index (χ4n) is 3.31. The van der Waals surface area contributed by atoms with Gasteiger partial charge in [-0.05, 0) is 54.0 Å². The molecule has 1 aliphatic rings. The number of nitrogens with one attached hydrogen (secondary N) is 1. The summed E-state index contributed by atoms with van der Waals surface area (Å²) in [6.07, 6.45) is 2.47. The van der Waals surface area contributed by atoms with Crippen LogP contribution in [0.25, 0.3) is 5.57 Å². The van der Waals surface area contributed by atoms with Gasteiger partial charge in [-0.2, -0.15) is 4.80 Å². The Morgan fingerprint density at radius 3 is 2.57 bits per heavy atom. The molecule has 10 heteroatoms. The van der Waals surface area contributed by atoms with Crippen molar-refractivity contribution in [1.82, 2.24) is 25.2 Å². The lowest BCUT2D eigenvalue weighted by atomic mass is 9.96. The van der Waals surface area contributed by atoms with Gasteiger partial charge in [0.1, 0.15) is 23.0 Å². The highest BCUT2D eigenvalue weighted by molar-refractivity contribution is 6.04. The van der Waals surface area contributed by atoms with Crippen LogP contribution < -0.4 is 10.2 Å². The zero-order valence-electron chi connectivity index (χ0n) is 16.4. The van der Waals surface area contributed by atoms with E-state index in [4.69, 9.17) is 0 Å². The van der Waals surface area contributed by atoms with Crippen LogP contribution in [0, 0.1) is 11.6 Å². The molecular weight excluding hydrogens is 392 g/mol. The Labute approximate surface area is 171 Å². The van der Waals surface area contributed by atoms with Gasteiger partial charge in [-0.1, -0.05) is 16.7 Å². The second-order valence-corrected chi connectivity index (χ2v) is 6.99. The van der Waals surface area contributed by atoms with Crippen LogP contribution in [0.4, 0.5) is 20.5 Å². The minimum Gasteiger partial charge on any atom is -0.334 e. The maximum absolute atomic E-state index is 13.8. The SMILES string of the molecule is CC1=C(c2ccc(NC(=O)c3c(F)cccc3F)nc2)CN(c2nnn(C)n2)CC1. The molecule has 3 heterocycles. The number of carbonyl (C=O) groups excluding carboxylic acids is 1. The van der Waals surface area contributed by atoms with E-state index >= 15 is 0 Å². The van der Waals surface area contributed by atoms with Crippen LogP contribution in [0.15, 0.2) is 42.1 Å². The standard InChI is InChI=1S/C20H19F2N7O/c1-12-8-9-29(20-25-27-28(2)26-20)11-14(12)13-6-7-17(23-10-13)24-19(30)18-15(21)4-3-5-16(18)22/h3-7,10H,8-9,11H2,1-2H3,(H,23,24,30). The van der Waals surface area contributed by atoms with Crippen LogP contribution in [0.1, 0.15) is 29.3 Å². The maximum Gasteiger partial charge on any atom is 0.266 e. The first-order valence-electron chi connectivity index (χ1n) is 9.31. The van der Waals surface area contributed by atoms with E-state index in [9.17, 15) is 13.6 Å². The Balaban J connectivity index is 1.51. The molecule has 1 N–H and O–H groups in total. The molecule has 1 amide bonds. The number of halogens is 2. The molecule has 0 fully saturated rings. The summed E-state index contributed by atoms with van der Waals surface area (Å²) in [7, 11) is 1.71. The van der Waals surface area contributed by atoms with Crippen molar-refractivity contribution in [2.24, 2.45) is 7.05 Å². The van der Waals surface area contributed by atoms with Crippen LogP contribution in [0.3, 0.4) is 0 Å². The molecule has 0 bridgehead atoms. The number of rotatable bonds is 4. The van der Waals surface area contributed by atoms with Crippen LogP contribution in [0.5, 0.6) is 0 Å². The van der Waals surface area contributed by atoms with Gasteiger partial charge in [-0.3, -0.25) is 4.79 Å². The van der Waals surface area contributed by atoms with Crippen molar-refractivity contribution in [2.75, 3.05) is 23.3 Å². The Bertz CT molecular complexity index is 1100. The summed E-state index contributed by atoms with van der Waals surface area (Å²) in [4.78, 5) is 19.9. The average molecular weight is 411 g/mol. The largest absolute Gasteiger partial charge is 0.334 e. The van der Waals surface area contributed by atoms with Crippen LogP contribution >= 0.6 is 0 Å². The third-order valence-corrected chi connectivity index (χ3v) is 4.94. The highest BCUT2D eigenvalue weighted by atomic mass is 19.1. The third kappa shape index (κ3) is 3.88. The van der Waals surface area contributed by atoms with Crippen molar-refractivity contribution in [1.29, 1.82) is 0 Å². The first kappa shape index (κ1) is 19.6. The third-order valence-electron chi connectivity index (χ3n) is 4.94. The lowest BCUT2D eigenvalue weighted by molar-refractivity contribution is 0.101. The zero-order chi connectivity index (χ0) is 21.3. The Morgan fingerprint density at radius 2 is 1.93 bits per heavy atom. The Morgan fingerprint density at radius 1 is 1.17 bits per heavy atom. The molecule has 0 spiro atoms. The molecule has 1 aromatic carbocycles. The van der Waals surface area contributed by atoms with Gasteiger partial charge in [0.25, 0.3) is 11.9 Å². The molecular formula is C20H19F2N7O. The van der Waals surface area contributed by atoms with E-state index in [0.717, 1.165) is 36.2 Å². The number of tetrazole rings is 1. The van der Waals surface area contributed by atoms with Gasteiger partial charge in [-0.15, -0.1) is 5.10 Å². The van der Waals surface area contributed by atoms with Gasteiger partial charge in [0.05, 0.1) is 7.05 Å². The van der Waals surface area contributed by atoms with E-state index in [1.54, 1.807) is 19.3 Å². The van der Waals surface area contributed by atoms with Gasteiger partial charge >= 0.3 is 0 Å². The maximum atomic E-state index is 13.8. The summed E-state index contributed by atoms with van der Waals surface area (Å²) in [5.74, 6) is -1.98. The van der Waals surface area contributed by atoms with E-state index in [0.29, 0.717) is 12.5 Å². The normalized spacial score (nSPS) is 14.2. The predicted octanol–water partition coefficient (Wildman–Crippen LogP) is 2.82. The topological polar surface area (TPSA) is 88.8 Å². The smallest absolute Gasteiger partial charge is 0.266 e. The lowest BCUT2D eigenvalue weighted by Gasteiger charge is -2.28. The van der Waals surface area contributed by atoms with Crippen molar-refractivity contribution in [2.45, 2.75) is 13.3 Å².